The molecule has 2 heterocycles. The number of nitrogens with zero attached hydrogens (tertiary/aromatic N) is 3. The number of piperazine rings is 1. The molecule has 25 heavy (non-hydrogen) atoms. The summed E-state index contributed by atoms with van der Waals surface area (Å²) in [7, 11) is 0. The van der Waals surface area contributed by atoms with Gasteiger partial charge in [-0.3, -0.25) is 9.69 Å². The summed E-state index contributed by atoms with van der Waals surface area (Å²) in [4.78, 5) is 20.9. The van der Waals surface area contributed by atoms with Gasteiger partial charge in [0.15, 0.2) is 10.6 Å². The van der Waals surface area contributed by atoms with E-state index < -0.39 is 0 Å². The monoisotopic (exact) mass is 380 g/mol. The Hall–Kier alpha value is -1.47. The first-order valence-corrected chi connectivity index (χ1v) is 9.21. The number of halogens is 1. The number of ketones is 1. The summed E-state index contributed by atoms with van der Waals surface area (Å²) in [6.45, 7) is 9.75. The number of benzene rings is 1. The van der Waals surface area contributed by atoms with Crippen molar-refractivity contribution in [3.05, 3.63) is 45.7 Å². The number of para-hydroxylation sites is 1. The van der Waals surface area contributed by atoms with Crippen molar-refractivity contribution in [2.45, 2.75) is 20.4 Å². The van der Waals surface area contributed by atoms with Crippen LogP contribution in [0.2, 0.25) is 0 Å². The highest BCUT2D eigenvalue weighted by molar-refractivity contribution is 7.11. The van der Waals surface area contributed by atoms with Crippen LogP contribution in [0.3, 0.4) is 0 Å². The van der Waals surface area contributed by atoms with Gasteiger partial charge >= 0.3 is 0 Å². The molecule has 0 aliphatic carbocycles. The maximum absolute atomic E-state index is 11.9. The molecule has 0 radical (unpaired) electrons. The molecule has 0 unspecified atom stereocenters. The van der Waals surface area contributed by atoms with E-state index in [1.54, 1.807) is 6.92 Å². The lowest BCUT2D eigenvalue weighted by Gasteiger charge is -2.27. The van der Waals surface area contributed by atoms with Crippen LogP contribution in [-0.4, -0.2) is 48.0 Å². The van der Waals surface area contributed by atoms with Crippen LogP contribution in [0.15, 0.2) is 35.3 Å². The van der Waals surface area contributed by atoms with Gasteiger partial charge in [0, 0.05) is 51.9 Å². The Balaban J connectivity index is 0.00000225. The summed E-state index contributed by atoms with van der Waals surface area (Å²) in [5, 5.41) is 3.38. The fourth-order valence-electron chi connectivity index (χ4n) is 2.95. The second-order valence-corrected chi connectivity index (χ2v) is 7.02. The summed E-state index contributed by atoms with van der Waals surface area (Å²) in [5.41, 5.74) is 1.95. The third kappa shape index (κ3) is 5.01. The molecule has 2 aromatic rings. The van der Waals surface area contributed by atoms with E-state index in [2.05, 4.69) is 14.8 Å². The second-order valence-electron chi connectivity index (χ2n) is 6.05. The van der Waals surface area contributed by atoms with Crippen molar-refractivity contribution in [1.82, 2.24) is 14.8 Å². The standard InChI is InChI=1S/C18H24N4OS.ClH/c1-14-17(15(2)23)24-18(20-16-6-4-3-5-7-16)22(14)13-12-21-10-8-19-9-11-21;/h3-7,19H,8-13H2,1-2H3;1H. The van der Waals surface area contributed by atoms with Gasteiger partial charge in [0.05, 0.1) is 10.6 Å². The van der Waals surface area contributed by atoms with Gasteiger partial charge in [-0.2, -0.15) is 0 Å². The lowest BCUT2D eigenvalue weighted by molar-refractivity contribution is 0.102. The molecule has 1 saturated heterocycles. The van der Waals surface area contributed by atoms with Crippen molar-refractivity contribution < 1.29 is 4.79 Å². The fraction of sp³-hybridized carbons (Fsp3) is 0.444. The summed E-state index contributed by atoms with van der Waals surface area (Å²) in [6.07, 6.45) is 0. The number of thiazole rings is 1. The average molecular weight is 381 g/mol. The first-order valence-electron chi connectivity index (χ1n) is 8.39. The minimum atomic E-state index is 0. The number of Topliss-reactive ketones (excluding diaryl/α,β-unsaturated/α-hetero) is 1. The van der Waals surface area contributed by atoms with E-state index in [1.165, 1.54) is 11.3 Å². The number of aromatic nitrogens is 1. The number of rotatable bonds is 5. The highest BCUT2D eigenvalue weighted by Crippen LogP contribution is 2.15. The normalized spacial score (nSPS) is 15.8. The highest BCUT2D eigenvalue weighted by Gasteiger charge is 2.15. The molecule has 5 nitrogen and oxygen atoms in total. The molecule has 7 heteroatoms. The van der Waals surface area contributed by atoms with Crippen molar-refractivity contribution in [3.63, 3.8) is 0 Å². The summed E-state index contributed by atoms with van der Waals surface area (Å²) >= 11 is 1.49. The van der Waals surface area contributed by atoms with Crippen LogP contribution in [0.5, 0.6) is 0 Å². The van der Waals surface area contributed by atoms with Gasteiger partial charge in [-0.05, 0) is 19.1 Å². The Kier molecular flexibility index (Phi) is 7.38. The van der Waals surface area contributed by atoms with E-state index in [-0.39, 0.29) is 18.2 Å². The number of hydrogen-bond acceptors (Lipinski definition) is 5. The quantitative estimate of drug-likeness (QED) is 0.811. The van der Waals surface area contributed by atoms with Gasteiger partial charge in [-0.15, -0.1) is 12.4 Å². The molecular weight excluding hydrogens is 356 g/mol. The van der Waals surface area contributed by atoms with Gasteiger partial charge in [-0.25, -0.2) is 4.99 Å². The Morgan fingerprint density at radius 2 is 1.88 bits per heavy atom. The minimum absolute atomic E-state index is 0. The molecule has 0 atom stereocenters. The predicted molar refractivity (Wildman–Crippen MR) is 105 cm³/mol. The summed E-state index contributed by atoms with van der Waals surface area (Å²) < 4.78 is 2.19. The van der Waals surface area contributed by atoms with Crippen LogP contribution in [0.4, 0.5) is 5.69 Å². The van der Waals surface area contributed by atoms with Crippen molar-refractivity contribution in [2.24, 2.45) is 4.99 Å². The van der Waals surface area contributed by atoms with Gasteiger partial charge in [0.1, 0.15) is 0 Å². The lowest BCUT2D eigenvalue weighted by atomic mass is 10.3. The van der Waals surface area contributed by atoms with E-state index in [9.17, 15) is 4.79 Å². The zero-order chi connectivity index (χ0) is 16.9. The Morgan fingerprint density at radius 3 is 2.52 bits per heavy atom. The van der Waals surface area contributed by atoms with Gasteiger partial charge in [0.25, 0.3) is 0 Å². The molecule has 1 fully saturated rings. The van der Waals surface area contributed by atoms with Crippen molar-refractivity contribution in [2.75, 3.05) is 32.7 Å². The number of hydrogen-bond donors (Lipinski definition) is 1. The number of carbonyl (C=O) groups is 1. The molecule has 1 aliphatic rings. The molecule has 0 spiro atoms. The Labute approximate surface area is 158 Å². The largest absolute Gasteiger partial charge is 0.319 e. The van der Waals surface area contributed by atoms with Crippen LogP contribution < -0.4 is 10.1 Å². The van der Waals surface area contributed by atoms with Crippen LogP contribution >= 0.6 is 23.7 Å². The third-order valence-corrected chi connectivity index (χ3v) is 5.59. The topological polar surface area (TPSA) is 49.6 Å². The molecule has 1 N–H and O–H groups in total. The van der Waals surface area contributed by atoms with Crippen molar-refractivity contribution >= 4 is 35.2 Å². The highest BCUT2D eigenvalue weighted by atomic mass is 35.5. The SMILES string of the molecule is CC(=O)c1sc(=Nc2ccccc2)n(CCN2CCNCC2)c1C.Cl. The molecule has 1 aromatic carbocycles. The van der Waals surface area contributed by atoms with E-state index in [1.807, 2.05) is 37.3 Å². The third-order valence-electron chi connectivity index (χ3n) is 4.31. The summed E-state index contributed by atoms with van der Waals surface area (Å²) in [5.74, 6) is 0.114. The van der Waals surface area contributed by atoms with Gasteiger partial charge < -0.3 is 9.88 Å². The Morgan fingerprint density at radius 1 is 1.20 bits per heavy atom. The first kappa shape index (κ1) is 19.8. The molecular formula is C18H25ClN4OS. The number of nitrogens with one attached hydrogen (secondary N) is 1. The van der Waals surface area contributed by atoms with E-state index in [4.69, 9.17) is 4.99 Å². The smallest absolute Gasteiger partial charge is 0.190 e. The molecule has 136 valence electrons. The van der Waals surface area contributed by atoms with Crippen LogP contribution in [-0.2, 0) is 6.54 Å². The minimum Gasteiger partial charge on any atom is -0.319 e. The van der Waals surface area contributed by atoms with Crippen LogP contribution in [0, 0.1) is 6.92 Å². The van der Waals surface area contributed by atoms with Gasteiger partial charge in [-0.1, -0.05) is 29.5 Å². The zero-order valence-corrected chi connectivity index (χ0v) is 16.3. The van der Waals surface area contributed by atoms with Crippen molar-refractivity contribution in [1.29, 1.82) is 0 Å². The average Bonchev–Trinajstić information content (AvgIpc) is 2.91. The molecule has 0 bridgehead atoms. The summed E-state index contributed by atoms with van der Waals surface area (Å²) in [6, 6.07) is 9.93. The van der Waals surface area contributed by atoms with Crippen LogP contribution in [0.25, 0.3) is 0 Å². The van der Waals surface area contributed by atoms with Crippen molar-refractivity contribution in [3.8, 4) is 0 Å². The Bertz CT molecular complexity index is 763. The van der Waals surface area contributed by atoms with Crippen LogP contribution in [0.1, 0.15) is 22.3 Å². The maximum atomic E-state index is 11.9. The zero-order valence-electron chi connectivity index (χ0n) is 14.7. The molecule has 0 saturated carbocycles. The maximum Gasteiger partial charge on any atom is 0.190 e. The lowest BCUT2D eigenvalue weighted by Crippen LogP contribution is -2.45. The molecule has 1 aliphatic heterocycles. The predicted octanol–water partition coefficient (Wildman–Crippen LogP) is 2.62. The number of carbonyl (C=O) groups excluding carboxylic acids is 1. The molecule has 0 amide bonds. The second kappa shape index (κ2) is 9.29. The van der Waals surface area contributed by atoms with E-state index in [0.717, 1.165) is 60.3 Å². The van der Waals surface area contributed by atoms with Gasteiger partial charge in [0.2, 0.25) is 0 Å². The molecule has 1 aromatic heterocycles. The molecule has 3 rings (SSSR count). The first-order chi connectivity index (χ1) is 11.6. The van der Waals surface area contributed by atoms with E-state index >= 15 is 0 Å². The fourth-order valence-corrected chi connectivity index (χ4v) is 4.02. The van der Waals surface area contributed by atoms with E-state index in [0.29, 0.717) is 0 Å².